The Morgan fingerprint density at radius 2 is 2.06 bits per heavy atom. The fraction of sp³-hybridized carbons (Fsp3) is 0.636. The third-order valence-electron chi connectivity index (χ3n) is 2.11. The van der Waals surface area contributed by atoms with Gasteiger partial charge < -0.3 is 15.5 Å². The predicted molar refractivity (Wildman–Crippen MR) is 61.4 cm³/mol. The molecule has 0 aliphatic carbocycles. The van der Waals surface area contributed by atoms with E-state index in [1.54, 1.807) is 6.20 Å². The average molecular weight is 225 g/mol. The largest absolute Gasteiger partial charge is 0.387 e. The van der Waals surface area contributed by atoms with Crippen LogP contribution in [0.1, 0.15) is 27.7 Å². The van der Waals surface area contributed by atoms with Gasteiger partial charge in [0.15, 0.2) is 0 Å². The van der Waals surface area contributed by atoms with Crippen LogP contribution in [0.25, 0.3) is 0 Å². The summed E-state index contributed by atoms with van der Waals surface area (Å²) in [4.78, 5) is 24.8. The maximum atomic E-state index is 11.9. The van der Waals surface area contributed by atoms with Crippen LogP contribution in [0.3, 0.4) is 0 Å². The summed E-state index contributed by atoms with van der Waals surface area (Å²) in [7, 11) is 0. The van der Waals surface area contributed by atoms with E-state index in [-0.39, 0.29) is 17.4 Å². The molecule has 0 aromatic carbocycles. The van der Waals surface area contributed by atoms with E-state index in [0.29, 0.717) is 18.8 Å². The molecule has 1 heterocycles. The van der Waals surface area contributed by atoms with E-state index in [4.69, 9.17) is 0 Å². The normalized spacial score (nSPS) is 16.2. The Hall–Kier alpha value is -1.52. The molecule has 5 heteroatoms. The molecule has 0 saturated carbocycles. The Labute approximate surface area is 95.9 Å². The van der Waals surface area contributed by atoms with E-state index in [2.05, 4.69) is 10.6 Å². The van der Waals surface area contributed by atoms with Crippen molar-refractivity contribution in [2.24, 2.45) is 0 Å². The second-order valence-electron chi connectivity index (χ2n) is 4.86. The summed E-state index contributed by atoms with van der Waals surface area (Å²) in [6.45, 7) is 8.37. The molecule has 0 bridgehead atoms. The quantitative estimate of drug-likeness (QED) is 0.670. The summed E-state index contributed by atoms with van der Waals surface area (Å²) in [6, 6.07) is 0. The van der Waals surface area contributed by atoms with Gasteiger partial charge in [0.05, 0.1) is 0 Å². The van der Waals surface area contributed by atoms with Crippen molar-refractivity contribution in [3.63, 3.8) is 0 Å². The van der Waals surface area contributed by atoms with Gasteiger partial charge >= 0.3 is 0 Å². The molecule has 1 aliphatic heterocycles. The lowest BCUT2D eigenvalue weighted by atomic mass is 10.1. The highest BCUT2D eigenvalue weighted by atomic mass is 16.2. The number of hydrogen-bond acceptors (Lipinski definition) is 3. The number of carbonyl (C=O) groups excluding carboxylic acids is 2. The van der Waals surface area contributed by atoms with Crippen molar-refractivity contribution in [2.75, 3.05) is 13.1 Å². The van der Waals surface area contributed by atoms with Gasteiger partial charge in [-0.3, -0.25) is 9.59 Å². The highest BCUT2D eigenvalue weighted by molar-refractivity contribution is 5.97. The Balaban J connectivity index is 2.80. The lowest BCUT2D eigenvalue weighted by Gasteiger charge is -2.30. The third kappa shape index (κ3) is 3.25. The van der Waals surface area contributed by atoms with E-state index >= 15 is 0 Å². The number of rotatable bonds is 1. The van der Waals surface area contributed by atoms with Crippen molar-refractivity contribution in [2.45, 2.75) is 33.2 Å². The molecule has 0 saturated heterocycles. The zero-order valence-corrected chi connectivity index (χ0v) is 10.3. The summed E-state index contributed by atoms with van der Waals surface area (Å²) in [5, 5.41) is 5.80. The van der Waals surface area contributed by atoms with Crippen LogP contribution in [0.15, 0.2) is 11.9 Å². The van der Waals surface area contributed by atoms with Gasteiger partial charge in [0.25, 0.3) is 5.91 Å². The van der Waals surface area contributed by atoms with Crippen LogP contribution in [0.4, 0.5) is 0 Å². The summed E-state index contributed by atoms with van der Waals surface area (Å²) in [5.41, 5.74) is 0.0753. The summed E-state index contributed by atoms with van der Waals surface area (Å²) < 4.78 is 0. The monoisotopic (exact) mass is 225 g/mol. The van der Waals surface area contributed by atoms with Crippen molar-refractivity contribution in [3.8, 4) is 0 Å². The molecule has 0 fully saturated rings. The minimum absolute atomic E-state index is 0.114. The van der Waals surface area contributed by atoms with Crippen LogP contribution in [0, 0.1) is 0 Å². The first-order chi connectivity index (χ1) is 7.31. The summed E-state index contributed by atoms with van der Waals surface area (Å²) >= 11 is 0. The molecular weight excluding hydrogens is 206 g/mol. The smallest absolute Gasteiger partial charge is 0.269 e. The molecule has 16 heavy (non-hydrogen) atoms. The Morgan fingerprint density at radius 1 is 1.44 bits per heavy atom. The van der Waals surface area contributed by atoms with Gasteiger partial charge in [-0.15, -0.1) is 0 Å². The molecule has 90 valence electrons. The van der Waals surface area contributed by atoms with Crippen LogP contribution in [0.2, 0.25) is 0 Å². The molecule has 0 aromatic heterocycles. The van der Waals surface area contributed by atoms with E-state index in [9.17, 15) is 9.59 Å². The highest BCUT2D eigenvalue weighted by Gasteiger charge is 2.25. The van der Waals surface area contributed by atoms with E-state index in [0.717, 1.165) is 0 Å². The summed E-state index contributed by atoms with van der Waals surface area (Å²) in [5.74, 6) is -0.341. The first kappa shape index (κ1) is 12.5. The van der Waals surface area contributed by atoms with Crippen LogP contribution in [0.5, 0.6) is 0 Å². The SMILES string of the molecule is CC(=O)N1CCNC=C1C(=O)NC(C)(C)C. The van der Waals surface area contributed by atoms with E-state index in [1.807, 2.05) is 20.8 Å². The number of nitrogens with one attached hydrogen (secondary N) is 2. The van der Waals surface area contributed by atoms with Crippen molar-refractivity contribution < 1.29 is 9.59 Å². The van der Waals surface area contributed by atoms with Crippen LogP contribution in [-0.2, 0) is 9.59 Å². The third-order valence-corrected chi connectivity index (χ3v) is 2.11. The highest BCUT2D eigenvalue weighted by Crippen LogP contribution is 2.10. The molecule has 0 radical (unpaired) electrons. The van der Waals surface area contributed by atoms with Gasteiger partial charge in [-0.05, 0) is 20.8 Å². The zero-order valence-electron chi connectivity index (χ0n) is 10.3. The fourth-order valence-electron chi connectivity index (χ4n) is 1.46. The first-order valence-electron chi connectivity index (χ1n) is 5.35. The number of hydrogen-bond donors (Lipinski definition) is 2. The van der Waals surface area contributed by atoms with Gasteiger partial charge in [-0.1, -0.05) is 0 Å². The standard InChI is InChI=1S/C11H19N3O2/c1-8(15)14-6-5-12-7-9(14)10(16)13-11(2,3)4/h7,12H,5-6H2,1-4H3,(H,13,16). The van der Waals surface area contributed by atoms with Crippen molar-refractivity contribution in [1.29, 1.82) is 0 Å². The van der Waals surface area contributed by atoms with E-state index < -0.39 is 0 Å². The van der Waals surface area contributed by atoms with E-state index in [1.165, 1.54) is 11.8 Å². The van der Waals surface area contributed by atoms with Gasteiger partial charge in [0.1, 0.15) is 5.70 Å². The van der Waals surface area contributed by atoms with Gasteiger partial charge in [0.2, 0.25) is 5.91 Å². The van der Waals surface area contributed by atoms with Crippen LogP contribution < -0.4 is 10.6 Å². The fourth-order valence-corrected chi connectivity index (χ4v) is 1.46. The Morgan fingerprint density at radius 3 is 2.56 bits per heavy atom. The molecule has 2 amide bonds. The number of nitrogens with zero attached hydrogens (tertiary/aromatic N) is 1. The Bertz CT molecular complexity index is 329. The van der Waals surface area contributed by atoms with Gasteiger partial charge in [-0.25, -0.2) is 0 Å². The number of carbonyl (C=O) groups is 2. The van der Waals surface area contributed by atoms with Crippen molar-refractivity contribution in [3.05, 3.63) is 11.9 Å². The molecular formula is C11H19N3O2. The lowest BCUT2D eigenvalue weighted by Crippen LogP contribution is -2.48. The lowest BCUT2D eigenvalue weighted by molar-refractivity contribution is -0.131. The maximum Gasteiger partial charge on any atom is 0.269 e. The Kier molecular flexibility index (Phi) is 3.57. The molecule has 0 unspecified atom stereocenters. The zero-order chi connectivity index (χ0) is 12.3. The van der Waals surface area contributed by atoms with Gasteiger partial charge in [-0.2, -0.15) is 0 Å². The first-order valence-corrected chi connectivity index (χ1v) is 5.35. The molecule has 2 N–H and O–H groups in total. The van der Waals surface area contributed by atoms with Crippen LogP contribution in [-0.4, -0.2) is 35.3 Å². The maximum absolute atomic E-state index is 11.9. The minimum atomic E-state index is -0.308. The molecule has 0 atom stereocenters. The predicted octanol–water partition coefficient (Wildman–Crippen LogP) is 0.194. The second kappa shape index (κ2) is 4.55. The average Bonchev–Trinajstić information content (AvgIpc) is 2.15. The summed E-state index contributed by atoms with van der Waals surface area (Å²) in [6.07, 6.45) is 1.59. The molecule has 1 aliphatic rings. The molecule has 0 aromatic rings. The second-order valence-corrected chi connectivity index (χ2v) is 4.86. The minimum Gasteiger partial charge on any atom is -0.387 e. The van der Waals surface area contributed by atoms with Gasteiger partial charge in [0, 0.05) is 31.8 Å². The molecule has 1 rings (SSSR count). The van der Waals surface area contributed by atoms with Crippen molar-refractivity contribution in [1.82, 2.24) is 15.5 Å². The molecule has 5 nitrogen and oxygen atoms in total. The number of amides is 2. The molecule has 0 spiro atoms. The van der Waals surface area contributed by atoms with Crippen LogP contribution >= 0.6 is 0 Å². The topological polar surface area (TPSA) is 61.4 Å². The van der Waals surface area contributed by atoms with Crippen molar-refractivity contribution >= 4 is 11.8 Å².